The SMILES string of the molecule is COc1ccc(-c2[nH]c3ccc(C4CCNCC4)cc3c2C(C)C)c2c1OCC2. The molecule has 0 amide bonds. The fourth-order valence-electron chi connectivity index (χ4n) is 5.11. The van der Waals surface area contributed by atoms with E-state index in [1.54, 1.807) is 7.11 Å². The highest BCUT2D eigenvalue weighted by Crippen LogP contribution is 2.45. The summed E-state index contributed by atoms with van der Waals surface area (Å²) in [5.41, 5.74) is 7.87. The zero-order chi connectivity index (χ0) is 20.0. The number of aromatic nitrogens is 1. The summed E-state index contributed by atoms with van der Waals surface area (Å²) in [5.74, 6) is 2.84. The molecule has 1 saturated heterocycles. The predicted molar refractivity (Wildman–Crippen MR) is 118 cm³/mol. The van der Waals surface area contributed by atoms with Gasteiger partial charge in [0, 0.05) is 28.5 Å². The summed E-state index contributed by atoms with van der Waals surface area (Å²) in [7, 11) is 1.71. The lowest BCUT2D eigenvalue weighted by atomic mass is 9.88. The smallest absolute Gasteiger partial charge is 0.165 e. The fraction of sp³-hybridized carbons (Fsp3) is 0.440. The van der Waals surface area contributed by atoms with Gasteiger partial charge in [0.05, 0.1) is 19.4 Å². The molecule has 0 atom stereocenters. The maximum absolute atomic E-state index is 5.91. The Morgan fingerprint density at radius 2 is 1.93 bits per heavy atom. The van der Waals surface area contributed by atoms with Crippen molar-refractivity contribution in [3.63, 3.8) is 0 Å². The molecule has 29 heavy (non-hydrogen) atoms. The number of fused-ring (bicyclic) bond motifs is 2. The summed E-state index contributed by atoms with van der Waals surface area (Å²) in [5, 5.41) is 4.85. The molecule has 3 aromatic rings. The van der Waals surface area contributed by atoms with E-state index < -0.39 is 0 Å². The first kappa shape index (κ1) is 18.6. The van der Waals surface area contributed by atoms with Crippen LogP contribution in [0.5, 0.6) is 11.5 Å². The lowest BCUT2D eigenvalue weighted by Crippen LogP contribution is -2.26. The van der Waals surface area contributed by atoms with Crippen molar-refractivity contribution in [1.82, 2.24) is 10.3 Å². The lowest BCUT2D eigenvalue weighted by molar-refractivity contribution is 0.326. The molecule has 152 valence electrons. The van der Waals surface area contributed by atoms with Crippen LogP contribution in [0.25, 0.3) is 22.2 Å². The summed E-state index contributed by atoms with van der Waals surface area (Å²) < 4.78 is 11.4. The molecular formula is C25H30N2O2. The van der Waals surface area contributed by atoms with Crippen molar-refractivity contribution < 1.29 is 9.47 Å². The number of piperidine rings is 1. The third-order valence-corrected chi connectivity index (χ3v) is 6.56. The van der Waals surface area contributed by atoms with Gasteiger partial charge in [0.1, 0.15) is 0 Å². The molecule has 0 aliphatic carbocycles. The maximum atomic E-state index is 5.91. The third kappa shape index (κ3) is 3.10. The third-order valence-electron chi connectivity index (χ3n) is 6.56. The molecule has 1 aromatic heterocycles. The monoisotopic (exact) mass is 390 g/mol. The highest BCUT2D eigenvalue weighted by Gasteiger charge is 2.26. The van der Waals surface area contributed by atoms with Gasteiger partial charge in [0.2, 0.25) is 0 Å². The standard InChI is InChI=1S/C25H30N2O2/c1-15(2)23-20-14-17(16-8-11-26-12-9-16)4-6-21(20)27-24(23)18-5-7-22(28-3)25-19(18)10-13-29-25/h4-7,14-16,26-27H,8-13H2,1-3H3. The molecule has 5 rings (SSSR count). The van der Waals surface area contributed by atoms with Crippen LogP contribution < -0.4 is 14.8 Å². The number of aromatic amines is 1. The van der Waals surface area contributed by atoms with Gasteiger partial charge in [-0.1, -0.05) is 19.9 Å². The fourth-order valence-corrected chi connectivity index (χ4v) is 5.11. The number of methoxy groups -OCH3 is 1. The molecule has 0 saturated carbocycles. The number of nitrogens with one attached hydrogen (secondary N) is 2. The molecule has 0 spiro atoms. The second-order valence-electron chi connectivity index (χ2n) is 8.62. The van der Waals surface area contributed by atoms with E-state index in [9.17, 15) is 0 Å². The molecule has 2 aliphatic rings. The molecule has 0 bridgehead atoms. The first-order valence-corrected chi connectivity index (χ1v) is 10.9. The Morgan fingerprint density at radius 1 is 1.10 bits per heavy atom. The van der Waals surface area contributed by atoms with Crippen molar-refractivity contribution in [3.05, 3.63) is 47.0 Å². The van der Waals surface area contributed by atoms with E-state index in [2.05, 4.69) is 48.4 Å². The van der Waals surface area contributed by atoms with E-state index in [0.29, 0.717) is 11.8 Å². The first-order valence-electron chi connectivity index (χ1n) is 10.9. The van der Waals surface area contributed by atoms with E-state index in [1.165, 1.54) is 51.7 Å². The molecule has 2 aromatic carbocycles. The van der Waals surface area contributed by atoms with Gasteiger partial charge in [0.15, 0.2) is 11.5 Å². The largest absolute Gasteiger partial charge is 0.493 e. The summed E-state index contributed by atoms with van der Waals surface area (Å²) >= 11 is 0. The van der Waals surface area contributed by atoms with Gasteiger partial charge in [-0.3, -0.25) is 0 Å². The van der Waals surface area contributed by atoms with E-state index in [1.807, 2.05) is 6.07 Å². The van der Waals surface area contributed by atoms with Crippen LogP contribution in [0.15, 0.2) is 30.3 Å². The zero-order valence-corrected chi connectivity index (χ0v) is 17.6. The lowest BCUT2D eigenvalue weighted by Gasteiger charge is -2.23. The Labute approximate surface area is 172 Å². The highest BCUT2D eigenvalue weighted by molar-refractivity contribution is 5.93. The van der Waals surface area contributed by atoms with Crippen LogP contribution in [0.4, 0.5) is 0 Å². The molecule has 4 nitrogen and oxygen atoms in total. The van der Waals surface area contributed by atoms with Crippen LogP contribution in [-0.2, 0) is 6.42 Å². The van der Waals surface area contributed by atoms with Crippen LogP contribution >= 0.6 is 0 Å². The van der Waals surface area contributed by atoms with Crippen molar-refractivity contribution >= 4 is 10.9 Å². The summed E-state index contributed by atoms with van der Waals surface area (Å²) in [6, 6.07) is 11.3. The summed E-state index contributed by atoms with van der Waals surface area (Å²) in [4.78, 5) is 3.75. The van der Waals surface area contributed by atoms with Crippen molar-refractivity contribution in [3.8, 4) is 22.8 Å². The molecule has 0 radical (unpaired) electrons. The molecule has 3 heterocycles. The van der Waals surface area contributed by atoms with Gasteiger partial charge in [-0.25, -0.2) is 0 Å². The van der Waals surface area contributed by atoms with Crippen LogP contribution in [0.2, 0.25) is 0 Å². The van der Waals surface area contributed by atoms with Crippen molar-refractivity contribution in [1.29, 1.82) is 0 Å². The second-order valence-corrected chi connectivity index (χ2v) is 8.62. The number of ether oxygens (including phenoxy) is 2. The van der Waals surface area contributed by atoms with Gasteiger partial charge in [-0.2, -0.15) is 0 Å². The Hall–Kier alpha value is -2.46. The topological polar surface area (TPSA) is 46.3 Å². The predicted octanol–water partition coefficient (Wildman–Crippen LogP) is 5.37. The molecule has 0 unspecified atom stereocenters. The minimum Gasteiger partial charge on any atom is -0.493 e. The number of rotatable bonds is 4. The summed E-state index contributed by atoms with van der Waals surface area (Å²) in [6.07, 6.45) is 3.38. The first-order chi connectivity index (χ1) is 14.2. The van der Waals surface area contributed by atoms with Gasteiger partial charge in [-0.05, 0) is 73.2 Å². The van der Waals surface area contributed by atoms with Crippen LogP contribution in [0, 0.1) is 0 Å². The number of hydrogen-bond donors (Lipinski definition) is 2. The Kier molecular flexibility index (Phi) is 4.75. The Morgan fingerprint density at radius 3 is 2.69 bits per heavy atom. The zero-order valence-electron chi connectivity index (χ0n) is 17.6. The quantitative estimate of drug-likeness (QED) is 0.630. The van der Waals surface area contributed by atoms with Crippen molar-refractivity contribution in [2.75, 3.05) is 26.8 Å². The van der Waals surface area contributed by atoms with E-state index in [4.69, 9.17) is 9.47 Å². The van der Waals surface area contributed by atoms with Crippen molar-refractivity contribution in [2.24, 2.45) is 0 Å². The molecule has 2 aliphatic heterocycles. The van der Waals surface area contributed by atoms with E-state index in [0.717, 1.165) is 37.6 Å². The normalized spacial score (nSPS) is 17.0. The average Bonchev–Trinajstić information content (AvgIpc) is 3.38. The molecule has 4 heteroatoms. The minimum atomic E-state index is 0.432. The number of benzene rings is 2. The summed E-state index contributed by atoms with van der Waals surface area (Å²) in [6.45, 7) is 7.55. The van der Waals surface area contributed by atoms with E-state index in [-0.39, 0.29) is 0 Å². The van der Waals surface area contributed by atoms with Crippen molar-refractivity contribution in [2.45, 2.75) is 44.9 Å². The minimum absolute atomic E-state index is 0.432. The van der Waals surface area contributed by atoms with Crippen LogP contribution in [-0.4, -0.2) is 31.8 Å². The average molecular weight is 391 g/mol. The van der Waals surface area contributed by atoms with Gasteiger partial charge < -0.3 is 19.8 Å². The molecule has 2 N–H and O–H groups in total. The van der Waals surface area contributed by atoms with Crippen LogP contribution in [0.3, 0.4) is 0 Å². The second kappa shape index (κ2) is 7.42. The van der Waals surface area contributed by atoms with Gasteiger partial charge >= 0.3 is 0 Å². The number of H-pyrrole nitrogens is 1. The highest BCUT2D eigenvalue weighted by atomic mass is 16.5. The Bertz CT molecular complexity index is 1040. The molecule has 1 fully saturated rings. The maximum Gasteiger partial charge on any atom is 0.165 e. The van der Waals surface area contributed by atoms with Gasteiger partial charge in [0.25, 0.3) is 0 Å². The number of hydrogen-bond acceptors (Lipinski definition) is 3. The molecular weight excluding hydrogens is 360 g/mol. The van der Waals surface area contributed by atoms with Crippen LogP contribution in [0.1, 0.15) is 55.2 Å². The Balaban J connectivity index is 1.67. The van der Waals surface area contributed by atoms with E-state index >= 15 is 0 Å². The van der Waals surface area contributed by atoms with Gasteiger partial charge in [-0.15, -0.1) is 0 Å².